The highest BCUT2D eigenvalue weighted by atomic mass is 32.2. The van der Waals surface area contributed by atoms with Crippen LogP contribution in [0.5, 0.6) is 0 Å². The van der Waals surface area contributed by atoms with E-state index in [0.717, 1.165) is 10.8 Å². The third-order valence-electron chi connectivity index (χ3n) is 2.88. The van der Waals surface area contributed by atoms with Crippen molar-refractivity contribution < 1.29 is 4.79 Å². The lowest BCUT2D eigenvalue weighted by Gasteiger charge is -2.14. The van der Waals surface area contributed by atoms with Gasteiger partial charge in [-0.15, -0.1) is 11.8 Å². The maximum Gasteiger partial charge on any atom is 0.244 e. The quantitative estimate of drug-likeness (QED) is 0.666. The van der Waals surface area contributed by atoms with Crippen LogP contribution in [0.4, 0.5) is 0 Å². The number of rotatable bonds is 1. The van der Waals surface area contributed by atoms with Crippen LogP contribution < -0.4 is 0 Å². The fourth-order valence-corrected chi connectivity index (χ4v) is 3.18. The molecule has 0 unspecified atom stereocenters. The van der Waals surface area contributed by atoms with Crippen molar-refractivity contribution >= 4 is 33.0 Å². The Kier molecular flexibility index (Phi) is 3.92. The molecule has 16 heavy (non-hydrogen) atoms. The molecular weight excluding hydrogens is 238 g/mol. The zero-order valence-corrected chi connectivity index (χ0v) is 11.2. The van der Waals surface area contributed by atoms with E-state index in [4.69, 9.17) is 0 Å². The van der Waals surface area contributed by atoms with Crippen LogP contribution in [0.3, 0.4) is 0 Å². The summed E-state index contributed by atoms with van der Waals surface area (Å²) in [6, 6.07) is 0. The molecule has 2 aliphatic rings. The molecule has 1 aliphatic carbocycles. The lowest BCUT2D eigenvalue weighted by Crippen LogP contribution is -1.97. The number of thioether (sulfide) groups is 2. The monoisotopic (exact) mass is 253 g/mol. The van der Waals surface area contributed by atoms with Crippen LogP contribution in [0.2, 0.25) is 0 Å². The Balaban J connectivity index is 2.24. The zero-order valence-electron chi connectivity index (χ0n) is 9.58. The van der Waals surface area contributed by atoms with Gasteiger partial charge in [-0.3, -0.25) is 4.79 Å². The summed E-state index contributed by atoms with van der Waals surface area (Å²) < 4.78 is 0.866. The Labute approximate surface area is 105 Å². The average Bonchev–Trinajstić information content (AvgIpc) is 2.63. The molecule has 0 atom stereocenters. The van der Waals surface area contributed by atoms with Gasteiger partial charge in [0.1, 0.15) is 10.1 Å². The van der Waals surface area contributed by atoms with Crippen LogP contribution in [0.1, 0.15) is 32.6 Å². The van der Waals surface area contributed by atoms with Gasteiger partial charge in [-0.05, 0) is 62.3 Å². The maximum absolute atomic E-state index is 11.7. The smallest absolute Gasteiger partial charge is 0.244 e. The first kappa shape index (κ1) is 12.0. The molecule has 1 heterocycles. The van der Waals surface area contributed by atoms with Crippen LogP contribution in [-0.4, -0.2) is 15.7 Å². The molecule has 0 spiro atoms. The first-order chi connectivity index (χ1) is 7.70. The third kappa shape index (κ3) is 2.61. The Morgan fingerprint density at radius 1 is 1.38 bits per heavy atom. The average molecular weight is 253 g/mol. The van der Waals surface area contributed by atoms with Crippen molar-refractivity contribution in [2.75, 3.05) is 6.26 Å². The van der Waals surface area contributed by atoms with E-state index in [1.165, 1.54) is 53.9 Å². The topological polar surface area (TPSA) is 29.4 Å². The van der Waals surface area contributed by atoms with Gasteiger partial charge in [-0.1, -0.05) is 5.57 Å². The third-order valence-corrected chi connectivity index (χ3v) is 4.73. The molecule has 0 amide bonds. The maximum atomic E-state index is 11.7. The lowest BCUT2D eigenvalue weighted by molar-refractivity contribution is -0.107. The number of hydrogen-bond acceptors (Lipinski definition) is 4. The van der Waals surface area contributed by atoms with Crippen molar-refractivity contribution in [2.45, 2.75) is 32.6 Å². The van der Waals surface area contributed by atoms with Crippen LogP contribution in [0, 0.1) is 0 Å². The molecule has 2 rings (SSSR count). The van der Waals surface area contributed by atoms with Crippen molar-refractivity contribution in [1.82, 2.24) is 0 Å². The minimum absolute atomic E-state index is 0.0928. The molecule has 4 heteroatoms. The van der Waals surface area contributed by atoms with E-state index in [0.29, 0.717) is 5.70 Å². The van der Waals surface area contributed by atoms with Gasteiger partial charge in [0.25, 0.3) is 0 Å². The molecule has 0 saturated carbocycles. The Hall–Kier alpha value is -0.480. The molecule has 0 aromatic rings. The second-order valence-corrected chi connectivity index (χ2v) is 6.03. The first-order valence-corrected chi connectivity index (χ1v) is 7.50. The van der Waals surface area contributed by atoms with Gasteiger partial charge in [0, 0.05) is 0 Å². The lowest BCUT2D eigenvalue weighted by atomic mass is 9.92. The summed E-state index contributed by atoms with van der Waals surface area (Å²) in [5.41, 5.74) is 3.37. The summed E-state index contributed by atoms with van der Waals surface area (Å²) in [5, 5.41) is 0.0928. The molecular formula is C12H15NOS2. The second-order valence-electron chi connectivity index (χ2n) is 4.01. The number of allylic oxidation sites excluding steroid dienone is 3. The molecule has 0 saturated heterocycles. The summed E-state index contributed by atoms with van der Waals surface area (Å²) >= 11 is 2.78. The molecule has 0 aromatic carbocycles. The number of aliphatic imine (C=N–C) groups is 1. The first-order valence-electron chi connectivity index (χ1n) is 5.46. The van der Waals surface area contributed by atoms with Crippen molar-refractivity contribution in [3.8, 4) is 0 Å². The highest BCUT2D eigenvalue weighted by Gasteiger charge is 2.22. The van der Waals surface area contributed by atoms with Crippen molar-refractivity contribution in [2.24, 2.45) is 4.99 Å². The normalized spacial score (nSPS) is 24.2. The molecule has 0 N–H and O–H groups in total. The van der Waals surface area contributed by atoms with Gasteiger partial charge in [0.05, 0.1) is 0 Å². The van der Waals surface area contributed by atoms with Crippen LogP contribution in [0.15, 0.2) is 27.9 Å². The fourth-order valence-electron chi connectivity index (χ4n) is 1.92. The van der Waals surface area contributed by atoms with E-state index >= 15 is 0 Å². The van der Waals surface area contributed by atoms with Crippen molar-refractivity contribution in [3.63, 3.8) is 0 Å². The number of carbonyl (C=O) groups is 1. The Morgan fingerprint density at radius 2 is 2.12 bits per heavy atom. The Bertz CT molecular complexity index is 407. The van der Waals surface area contributed by atoms with Gasteiger partial charge >= 0.3 is 0 Å². The minimum atomic E-state index is 0.0928. The van der Waals surface area contributed by atoms with Crippen LogP contribution in [-0.2, 0) is 4.79 Å². The molecule has 0 aromatic heterocycles. The molecule has 0 radical (unpaired) electrons. The van der Waals surface area contributed by atoms with E-state index in [1.54, 1.807) is 0 Å². The van der Waals surface area contributed by atoms with Gasteiger partial charge in [0.15, 0.2) is 0 Å². The number of nitrogens with zero attached hydrogens (tertiary/aromatic N) is 1. The van der Waals surface area contributed by atoms with Crippen molar-refractivity contribution in [1.29, 1.82) is 0 Å². The largest absolute Gasteiger partial charge is 0.279 e. The molecule has 0 bridgehead atoms. The molecule has 86 valence electrons. The fraction of sp³-hybridized carbons (Fsp3) is 0.500. The van der Waals surface area contributed by atoms with E-state index in [2.05, 4.69) is 11.9 Å². The van der Waals surface area contributed by atoms with Gasteiger partial charge < -0.3 is 0 Å². The summed E-state index contributed by atoms with van der Waals surface area (Å²) in [7, 11) is 0. The van der Waals surface area contributed by atoms with Crippen LogP contribution >= 0.6 is 23.5 Å². The molecule has 0 fully saturated rings. The highest BCUT2D eigenvalue weighted by molar-refractivity contribution is 8.45. The van der Waals surface area contributed by atoms with Crippen molar-refractivity contribution in [3.05, 3.63) is 22.9 Å². The number of hydrogen-bond donors (Lipinski definition) is 0. The van der Waals surface area contributed by atoms with Gasteiger partial charge in [0.2, 0.25) is 5.12 Å². The molecule has 1 aliphatic heterocycles. The summed E-state index contributed by atoms with van der Waals surface area (Å²) in [6.45, 7) is 2.16. The molecule has 2 nitrogen and oxygen atoms in total. The predicted octanol–water partition coefficient (Wildman–Crippen LogP) is 3.75. The predicted molar refractivity (Wildman–Crippen MR) is 72.8 cm³/mol. The van der Waals surface area contributed by atoms with Gasteiger partial charge in [-0.25, -0.2) is 4.99 Å². The standard InChI is InChI=1S/C12H15NOS2/c1-8-5-3-4-6-9(8)7-10-11(14)16-12(13-10)15-2/h7H,3-6H2,1-2H3/b10-7-. The van der Waals surface area contributed by atoms with Gasteiger partial charge in [-0.2, -0.15) is 0 Å². The van der Waals surface area contributed by atoms with E-state index in [9.17, 15) is 4.79 Å². The van der Waals surface area contributed by atoms with E-state index < -0.39 is 0 Å². The van der Waals surface area contributed by atoms with Crippen LogP contribution in [0.25, 0.3) is 0 Å². The second kappa shape index (κ2) is 5.23. The van der Waals surface area contributed by atoms with E-state index in [1.807, 2.05) is 12.3 Å². The summed E-state index contributed by atoms with van der Waals surface area (Å²) in [4.78, 5) is 16.0. The SMILES string of the molecule is CSC1=N/C(=C\C2=C(C)CCCC2)C(=O)S1. The zero-order chi connectivity index (χ0) is 11.5. The highest BCUT2D eigenvalue weighted by Crippen LogP contribution is 2.32. The summed E-state index contributed by atoms with van der Waals surface area (Å²) in [6.07, 6.45) is 8.72. The number of carbonyl (C=O) groups excluding carboxylic acids is 1. The minimum Gasteiger partial charge on any atom is -0.279 e. The summed E-state index contributed by atoms with van der Waals surface area (Å²) in [5.74, 6) is 0. The Morgan fingerprint density at radius 3 is 2.75 bits per heavy atom. The van der Waals surface area contributed by atoms with E-state index in [-0.39, 0.29) is 5.12 Å².